The fraction of sp³-hybridized carbons (Fsp3) is 0.154. The summed E-state index contributed by atoms with van der Waals surface area (Å²) in [4.78, 5) is 11.6. The molecule has 0 spiro atoms. The van der Waals surface area contributed by atoms with Gasteiger partial charge in [-0.2, -0.15) is 0 Å². The van der Waals surface area contributed by atoms with Gasteiger partial charge >= 0.3 is 5.97 Å². The summed E-state index contributed by atoms with van der Waals surface area (Å²) in [5.41, 5.74) is 0.480. The molecule has 2 rings (SSSR count). The number of hydrogen-bond acceptors (Lipinski definition) is 3. The Hall–Kier alpha value is -1.95. The number of aromatic carboxylic acids is 1. The lowest BCUT2D eigenvalue weighted by molar-refractivity contribution is 0.0702. The van der Waals surface area contributed by atoms with Crippen molar-refractivity contribution in [3.8, 4) is 5.75 Å². The summed E-state index contributed by atoms with van der Waals surface area (Å²) in [7, 11) is 0. The van der Waals surface area contributed by atoms with Crippen molar-refractivity contribution in [3.05, 3.63) is 51.2 Å². The van der Waals surface area contributed by atoms with Crippen LogP contribution in [0.3, 0.4) is 0 Å². The predicted octanol–water partition coefficient (Wildman–Crippen LogP) is 3.61. The minimum atomic E-state index is -1.000. The molecule has 6 heteroatoms. The van der Waals surface area contributed by atoms with Gasteiger partial charge < -0.3 is 9.84 Å². The van der Waals surface area contributed by atoms with E-state index in [0.29, 0.717) is 10.4 Å². The van der Waals surface area contributed by atoms with Crippen molar-refractivity contribution in [2.45, 2.75) is 13.5 Å². The molecule has 0 fully saturated rings. The molecular weight excluding hydrogens is 274 g/mol. The number of benzene rings is 1. The van der Waals surface area contributed by atoms with Gasteiger partial charge in [0.05, 0.1) is 0 Å². The van der Waals surface area contributed by atoms with Crippen LogP contribution in [0.25, 0.3) is 0 Å². The molecule has 19 heavy (non-hydrogen) atoms. The second-order valence-corrected chi connectivity index (χ2v) is 5.06. The lowest BCUT2D eigenvalue weighted by atomic mass is 10.2. The van der Waals surface area contributed by atoms with Crippen LogP contribution in [0.15, 0.2) is 24.3 Å². The molecule has 0 bridgehead atoms. The molecule has 0 atom stereocenters. The van der Waals surface area contributed by atoms with Crippen molar-refractivity contribution >= 4 is 17.3 Å². The lowest BCUT2D eigenvalue weighted by Crippen LogP contribution is -1.97. The van der Waals surface area contributed by atoms with Gasteiger partial charge in [-0.25, -0.2) is 13.6 Å². The van der Waals surface area contributed by atoms with Crippen LogP contribution in [0.2, 0.25) is 0 Å². The van der Waals surface area contributed by atoms with Gasteiger partial charge in [-0.1, -0.05) is 0 Å². The Balaban J connectivity index is 2.09. The normalized spacial score (nSPS) is 10.5. The predicted molar refractivity (Wildman–Crippen MR) is 66.7 cm³/mol. The van der Waals surface area contributed by atoms with E-state index in [-0.39, 0.29) is 17.2 Å². The summed E-state index contributed by atoms with van der Waals surface area (Å²) in [5, 5.41) is 8.77. The van der Waals surface area contributed by atoms with E-state index in [0.717, 1.165) is 23.5 Å². The maximum absolute atomic E-state index is 13.1. The number of rotatable bonds is 4. The number of halogens is 2. The van der Waals surface area contributed by atoms with E-state index in [2.05, 4.69) is 0 Å². The monoisotopic (exact) mass is 284 g/mol. The number of carbonyl (C=O) groups is 1. The summed E-state index contributed by atoms with van der Waals surface area (Å²) in [6.07, 6.45) is 0. The first kappa shape index (κ1) is 13.5. The summed E-state index contributed by atoms with van der Waals surface area (Å²) in [6.45, 7) is 1.72. The number of ether oxygens (including phenoxy) is 1. The van der Waals surface area contributed by atoms with Crippen molar-refractivity contribution in [2.24, 2.45) is 0 Å². The zero-order valence-corrected chi connectivity index (χ0v) is 10.8. The molecule has 1 N–H and O–H groups in total. The molecule has 1 heterocycles. The van der Waals surface area contributed by atoms with E-state index in [1.54, 1.807) is 13.0 Å². The van der Waals surface area contributed by atoms with Gasteiger partial charge in [-0.15, -0.1) is 11.3 Å². The third kappa shape index (κ3) is 3.08. The van der Waals surface area contributed by atoms with Crippen molar-refractivity contribution < 1.29 is 23.4 Å². The first-order valence-corrected chi connectivity index (χ1v) is 6.19. The zero-order chi connectivity index (χ0) is 14.0. The van der Waals surface area contributed by atoms with Gasteiger partial charge in [-0.05, 0) is 30.7 Å². The highest BCUT2D eigenvalue weighted by molar-refractivity contribution is 7.13. The largest absolute Gasteiger partial charge is 0.488 e. The summed E-state index contributed by atoms with van der Waals surface area (Å²) < 4.78 is 31.3. The highest BCUT2D eigenvalue weighted by Crippen LogP contribution is 2.24. The minimum absolute atomic E-state index is 0.115. The molecular formula is C13H10F2O3S. The van der Waals surface area contributed by atoms with E-state index in [9.17, 15) is 13.6 Å². The van der Waals surface area contributed by atoms with E-state index in [1.807, 2.05) is 0 Å². The van der Waals surface area contributed by atoms with Crippen LogP contribution in [-0.4, -0.2) is 11.1 Å². The lowest BCUT2D eigenvalue weighted by Gasteiger charge is -2.08. The summed E-state index contributed by atoms with van der Waals surface area (Å²) >= 11 is 1.08. The van der Waals surface area contributed by atoms with Gasteiger partial charge in [0, 0.05) is 10.9 Å². The van der Waals surface area contributed by atoms with Crippen LogP contribution >= 0.6 is 11.3 Å². The molecule has 2 aromatic rings. The molecule has 1 aromatic heterocycles. The number of carboxylic acid groups (broad SMARTS) is 1. The van der Waals surface area contributed by atoms with Crippen molar-refractivity contribution in [1.82, 2.24) is 0 Å². The molecule has 0 amide bonds. The van der Waals surface area contributed by atoms with E-state index >= 15 is 0 Å². The molecule has 0 unspecified atom stereocenters. The number of thiophene rings is 1. The fourth-order valence-corrected chi connectivity index (χ4v) is 2.26. The highest BCUT2D eigenvalue weighted by Gasteiger charge is 2.10. The Morgan fingerprint density at radius 3 is 2.63 bits per heavy atom. The topological polar surface area (TPSA) is 46.5 Å². The van der Waals surface area contributed by atoms with Gasteiger partial charge in [0.1, 0.15) is 17.2 Å². The second-order valence-electron chi connectivity index (χ2n) is 3.89. The Morgan fingerprint density at radius 1 is 1.32 bits per heavy atom. The molecule has 0 saturated heterocycles. The molecule has 100 valence electrons. The fourth-order valence-electron chi connectivity index (χ4n) is 1.50. The molecule has 0 radical (unpaired) electrons. The van der Waals surface area contributed by atoms with Crippen molar-refractivity contribution in [2.75, 3.05) is 0 Å². The van der Waals surface area contributed by atoms with Crippen LogP contribution in [0, 0.1) is 18.6 Å². The first-order chi connectivity index (χ1) is 8.97. The van der Waals surface area contributed by atoms with Gasteiger partial charge in [0.15, 0.2) is 11.6 Å². The molecule has 0 aliphatic rings. The van der Waals surface area contributed by atoms with Crippen LogP contribution < -0.4 is 4.74 Å². The third-order valence-corrected chi connectivity index (χ3v) is 3.51. The standard InChI is InChI=1S/C13H10F2O3S/c1-7-4-9(14)10(15)5-11(7)18-6-8-2-3-12(19-8)13(16)17/h2-5H,6H2,1H3,(H,16,17). The maximum atomic E-state index is 13.1. The van der Waals surface area contributed by atoms with Crippen molar-refractivity contribution in [1.29, 1.82) is 0 Å². The van der Waals surface area contributed by atoms with Crippen LogP contribution in [0.1, 0.15) is 20.1 Å². The van der Waals surface area contributed by atoms with Crippen LogP contribution in [0.5, 0.6) is 5.75 Å². The zero-order valence-electron chi connectivity index (χ0n) is 9.94. The third-order valence-electron chi connectivity index (χ3n) is 2.46. The van der Waals surface area contributed by atoms with Crippen LogP contribution in [-0.2, 0) is 6.61 Å². The molecule has 3 nitrogen and oxygen atoms in total. The first-order valence-electron chi connectivity index (χ1n) is 5.38. The average molecular weight is 284 g/mol. The average Bonchev–Trinajstić information content (AvgIpc) is 2.81. The minimum Gasteiger partial charge on any atom is -0.488 e. The molecule has 0 aliphatic carbocycles. The number of aryl methyl sites for hydroxylation is 1. The van der Waals surface area contributed by atoms with E-state index in [4.69, 9.17) is 9.84 Å². The van der Waals surface area contributed by atoms with Crippen LogP contribution in [0.4, 0.5) is 8.78 Å². The Bertz CT molecular complexity index is 622. The summed E-state index contributed by atoms with van der Waals surface area (Å²) in [5.74, 6) is -2.66. The van der Waals surface area contributed by atoms with Gasteiger partial charge in [-0.3, -0.25) is 0 Å². The highest BCUT2D eigenvalue weighted by atomic mass is 32.1. The Morgan fingerprint density at radius 2 is 2.00 bits per heavy atom. The quantitative estimate of drug-likeness (QED) is 0.933. The molecule has 0 saturated carbocycles. The molecule has 0 aliphatic heterocycles. The smallest absolute Gasteiger partial charge is 0.345 e. The van der Waals surface area contributed by atoms with Crippen molar-refractivity contribution in [3.63, 3.8) is 0 Å². The SMILES string of the molecule is Cc1cc(F)c(F)cc1OCc1ccc(C(=O)O)s1. The van der Waals surface area contributed by atoms with E-state index in [1.165, 1.54) is 6.07 Å². The molecule has 1 aromatic carbocycles. The number of hydrogen-bond donors (Lipinski definition) is 1. The van der Waals surface area contributed by atoms with Gasteiger partial charge in [0.25, 0.3) is 0 Å². The summed E-state index contributed by atoms with van der Waals surface area (Å²) in [6, 6.07) is 5.14. The Kier molecular flexibility index (Phi) is 3.80. The number of carboxylic acids is 1. The maximum Gasteiger partial charge on any atom is 0.345 e. The Labute approximate surface area is 112 Å². The van der Waals surface area contributed by atoms with Gasteiger partial charge in [0.2, 0.25) is 0 Å². The second kappa shape index (κ2) is 5.36. The van der Waals surface area contributed by atoms with E-state index < -0.39 is 17.6 Å².